The normalized spacial score (nSPS) is 35.5. The van der Waals surface area contributed by atoms with Crippen LogP contribution in [0.15, 0.2) is 24.3 Å². The molecule has 3 aliphatic carbocycles. The number of aryl methyl sites for hydroxylation is 1. The van der Waals surface area contributed by atoms with E-state index in [2.05, 4.69) is 9.47 Å². The zero-order chi connectivity index (χ0) is 24.1. The zero-order valence-corrected chi connectivity index (χ0v) is 20.0. The van der Waals surface area contributed by atoms with Crippen LogP contribution in [0.25, 0.3) is 10.9 Å². The van der Waals surface area contributed by atoms with Gasteiger partial charge in [0, 0.05) is 42.1 Å². The first kappa shape index (κ1) is 20.4. The fourth-order valence-corrected chi connectivity index (χ4v) is 8.87. The van der Waals surface area contributed by atoms with Crippen LogP contribution >= 0.6 is 0 Å². The Morgan fingerprint density at radius 1 is 1.14 bits per heavy atom. The molecule has 0 amide bonds. The number of nitrogens with zero attached hydrogens (tertiary/aromatic N) is 2. The molecule has 0 radical (unpaired) electrons. The molecule has 0 unspecified atom stereocenters. The number of likely N-dealkylation sites (tertiary alicyclic amines) is 1. The van der Waals surface area contributed by atoms with E-state index >= 15 is 0 Å². The average molecular weight is 489 g/mol. The third kappa shape index (κ3) is 2.14. The molecule has 1 saturated heterocycles. The molecule has 1 spiro atoms. The maximum absolute atomic E-state index is 14.9. The van der Waals surface area contributed by atoms with Gasteiger partial charge < -0.3 is 24.6 Å². The SMILES string of the molecule is Oc1ccc2c3c1O[C@H]1c4c(c5cc(F)cc6c5n4CC[C@H]6O)C[C@@]4(O)[C@@H](C2)N(CC2CC2)CC[C@]314. The van der Waals surface area contributed by atoms with Gasteiger partial charge in [-0.2, -0.15) is 0 Å². The van der Waals surface area contributed by atoms with Gasteiger partial charge in [-0.25, -0.2) is 4.39 Å². The largest absolute Gasteiger partial charge is 0.504 e. The molecular formula is C29H29FN2O4. The van der Waals surface area contributed by atoms with Crippen molar-refractivity contribution in [2.45, 2.75) is 74.3 Å². The summed E-state index contributed by atoms with van der Waals surface area (Å²) in [5.41, 5.74) is 3.83. The molecule has 4 heterocycles. The second-order valence-electron chi connectivity index (χ2n) is 12.1. The highest BCUT2D eigenvalue weighted by molar-refractivity contribution is 5.90. The number of fused-ring (bicyclic) bond motifs is 4. The fourth-order valence-electron chi connectivity index (χ4n) is 8.87. The Balaban J connectivity index is 1.36. The number of aliphatic hydroxyl groups is 2. The molecule has 186 valence electrons. The smallest absolute Gasteiger partial charge is 0.166 e. The molecule has 3 N–H and O–H groups in total. The standard InChI is InChI=1S/C29H29FN2O4/c30-16-10-17-19-12-29(35)22-9-15-3-4-21(34)26-23(15)28(29,6-8-31(22)13-14-1-2-14)27(36-26)25(19)32-7-5-20(33)18(11-16)24(17)32/h3-4,10-11,14,20,22,27,33-35H,1-2,5-9,12-13H2/t20-,22-,27+,28+,29-/m1/s1. The van der Waals surface area contributed by atoms with Crippen molar-refractivity contribution in [3.8, 4) is 11.5 Å². The van der Waals surface area contributed by atoms with Gasteiger partial charge in [0.05, 0.1) is 28.3 Å². The molecule has 9 rings (SSSR count). The molecule has 36 heavy (non-hydrogen) atoms. The number of aromatic hydroxyl groups is 1. The lowest BCUT2D eigenvalue weighted by Crippen LogP contribution is -2.74. The van der Waals surface area contributed by atoms with Crippen molar-refractivity contribution in [3.63, 3.8) is 0 Å². The zero-order valence-electron chi connectivity index (χ0n) is 20.0. The first-order valence-electron chi connectivity index (χ1n) is 13.4. The summed E-state index contributed by atoms with van der Waals surface area (Å²) in [5, 5.41) is 35.4. The molecule has 6 aliphatic rings. The minimum Gasteiger partial charge on any atom is -0.504 e. The van der Waals surface area contributed by atoms with E-state index in [0.717, 1.165) is 53.7 Å². The van der Waals surface area contributed by atoms with E-state index in [1.807, 2.05) is 6.07 Å². The Hall–Kier alpha value is -2.61. The molecule has 7 heteroatoms. The number of phenols is 1. The molecular weight excluding hydrogens is 459 g/mol. The van der Waals surface area contributed by atoms with Crippen molar-refractivity contribution < 1.29 is 24.4 Å². The van der Waals surface area contributed by atoms with E-state index in [9.17, 15) is 19.7 Å². The third-order valence-electron chi connectivity index (χ3n) is 10.5. The lowest BCUT2D eigenvalue weighted by Gasteiger charge is -2.63. The van der Waals surface area contributed by atoms with E-state index in [4.69, 9.17) is 4.74 Å². The molecule has 1 saturated carbocycles. The van der Waals surface area contributed by atoms with Gasteiger partial charge in [-0.3, -0.25) is 4.90 Å². The number of hydrogen-bond donors (Lipinski definition) is 3. The second-order valence-corrected chi connectivity index (χ2v) is 12.1. The van der Waals surface area contributed by atoms with Crippen LogP contribution in [0.3, 0.4) is 0 Å². The number of aliphatic hydroxyl groups excluding tert-OH is 1. The summed E-state index contributed by atoms with van der Waals surface area (Å²) in [7, 11) is 0. The lowest BCUT2D eigenvalue weighted by molar-refractivity contribution is -0.173. The van der Waals surface area contributed by atoms with Crippen LogP contribution in [0.2, 0.25) is 0 Å². The summed E-state index contributed by atoms with van der Waals surface area (Å²) < 4.78 is 23.8. The summed E-state index contributed by atoms with van der Waals surface area (Å²) in [6, 6.07) is 6.72. The second kappa shape index (κ2) is 6.26. The average Bonchev–Trinajstić information content (AvgIpc) is 3.52. The predicted molar refractivity (Wildman–Crippen MR) is 130 cm³/mol. The topological polar surface area (TPSA) is 78.1 Å². The number of benzene rings is 2. The Morgan fingerprint density at radius 2 is 2.00 bits per heavy atom. The molecule has 2 aromatic carbocycles. The van der Waals surface area contributed by atoms with Crippen molar-refractivity contribution in [2.75, 3.05) is 13.1 Å². The Labute approximate surface area is 207 Å². The summed E-state index contributed by atoms with van der Waals surface area (Å²) in [4.78, 5) is 2.51. The maximum atomic E-state index is 14.9. The number of halogens is 1. The van der Waals surface area contributed by atoms with Crippen molar-refractivity contribution in [2.24, 2.45) is 5.92 Å². The van der Waals surface area contributed by atoms with Crippen LogP contribution in [-0.2, 0) is 24.8 Å². The van der Waals surface area contributed by atoms with Crippen molar-refractivity contribution in [3.05, 3.63) is 58.0 Å². The van der Waals surface area contributed by atoms with Crippen LogP contribution < -0.4 is 4.74 Å². The van der Waals surface area contributed by atoms with Crippen molar-refractivity contribution in [1.29, 1.82) is 0 Å². The Bertz CT molecular complexity index is 1510. The number of piperidine rings is 1. The molecule has 6 nitrogen and oxygen atoms in total. The van der Waals surface area contributed by atoms with Crippen LogP contribution in [-0.4, -0.2) is 49.5 Å². The first-order valence-corrected chi connectivity index (χ1v) is 13.4. The van der Waals surface area contributed by atoms with Gasteiger partial charge in [0.2, 0.25) is 0 Å². The highest BCUT2D eigenvalue weighted by atomic mass is 19.1. The quantitative estimate of drug-likeness (QED) is 0.514. The van der Waals surface area contributed by atoms with Gasteiger partial charge in [0.15, 0.2) is 17.6 Å². The molecule has 3 aromatic rings. The highest BCUT2D eigenvalue weighted by Crippen LogP contribution is 2.69. The van der Waals surface area contributed by atoms with Crippen molar-refractivity contribution >= 4 is 10.9 Å². The molecule has 2 fully saturated rings. The summed E-state index contributed by atoms with van der Waals surface area (Å²) >= 11 is 0. The minimum atomic E-state index is -1.10. The van der Waals surface area contributed by atoms with Gasteiger partial charge in [-0.15, -0.1) is 0 Å². The van der Waals surface area contributed by atoms with Crippen LogP contribution in [0, 0.1) is 11.7 Å². The van der Waals surface area contributed by atoms with Crippen LogP contribution in [0.4, 0.5) is 4.39 Å². The number of aromatic nitrogens is 1. The highest BCUT2D eigenvalue weighted by Gasteiger charge is 2.73. The van der Waals surface area contributed by atoms with Gasteiger partial charge in [0.25, 0.3) is 0 Å². The number of ether oxygens (including phenoxy) is 1. The minimum absolute atomic E-state index is 0.0590. The Morgan fingerprint density at radius 3 is 2.83 bits per heavy atom. The van der Waals surface area contributed by atoms with E-state index < -0.39 is 23.2 Å². The fraction of sp³-hybridized carbons (Fsp3) is 0.517. The molecule has 5 atom stereocenters. The molecule has 2 bridgehead atoms. The van der Waals surface area contributed by atoms with Crippen molar-refractivity contribution in [1.82, 2.24) is 9.47 Å². The van der Waals surface area contributed by atoms with Gasteiger partial charge >= 0.3 is 0 Å². The van der Waals surface area contributed by atoms with E-state index in [1.165, 1.54) is 24.5 Å². The summed E-state index contributed by atoms with van der Waals surface area (Å²) in [5.74, 6) is 0.985. The summed E-state index contributed by atoms with van der Waals surface area (Å²) in [6.45, 7) is 2.52. The lowest BCUT2D eigenvalue weighted by atomic mass is 9.49. The van der Waals surface area contributed by atoms with Gasteiger partial charge in [-0.1, -0.05) is 6.07 Å². The number of rotatable bonds is 2. The van der Waals surface area contributed by atoms with E-state index in [0.29, 0.717) is 36.6 Å². The maximum Gasteiger partial charge on any atom is 0.166 e. The summed E-state index contributed by atoms with van der Waals surface area (Å²) in [6.07, 6.45) is 3.76. The Kier molecular flexibility index (Phi) is 3.56. The monoisotopic (exact) mass is 488 g/mol. The van der Waals surface area contributed by atoms with E-state index in [1.54, 1.807) is 12.1 Å². The molecule has 1 aromatic heterocycles. The first-order chi connectivity index (χ1) is 17.4. The number of hydrogen-bond acceptors (Lipinski definition) is 5. The van der Waals surface area contributed by atoms with Gasteiger partial charge in [0.1, 0.15) is 5.82 Å². The number of phenolic OH excluding ortho intramolecular Hbond substituents is 1. The van der Waals surface area contributed by atoms with Crippen LogP contribution in [0.5, 0.6) is 11.5 Å². The van der Waals surface area contributed by atoms with Gasteiger partial charge in [-0.05, 0) is 73.9 Å². The third-order valence-corrected chi connectivity index (χ3v) is 10.5. The van der Waals surface area contributed by atoms with Crippen LogP contribution in [0.1, 0.15) is 65.8 Å². The predicted octanol–water partition coefficient (Wildman–Crippen LogP) is 3.62. The van der Waals surface area contributed by atoms with E-state index in [-0.39, 0.29) is 17.6 Å². The molecule has 3 aliphatic heterocycles.